The van der Waals surface area contributed by atoms with E-state index in [1.807, 2.05) is 7.05 Å². The van der Waals surface area contributed by atoms with Crippen LogP contribution in [0.25, 0.3) is 0 Å². The van der Waals surface area contributed by atoms with Crippen molar-refractivity contribution in [3.8, 4) is 0 Å². The summed E-state index contributed by atoms with van der Waals surface area (Å²) >= 11 is 0. The molecule has 0 amide bonds. The van der Waals surface area contributed by atoms with Crippen molar-refractivity contribution < 1.29 is 14.2 Å². The maximum absolute atomic E-state index is 5.88. The zero-order chi connectivity index (χ0) is 15.6. The van der Waals surface area contributed by atoms with Crippen LogP contribution < -0.4 is 5.32 Å². The molecule has 2 unspecified atom stereocenters. The second-order valence-electron chi connectivity index (χ2n) is 5.85. The van der Waals surface area contributed by atoms with Crippen molar-refractivity contribution in [2.24, 2.45) is 4.99 Å². The molecule has 6 heteroatoms. The third-order valence-electron chi connectivity index (χ3n) is 4.16. The Balaban J connectivity index is 1.70. The molecule has 0 spiro atoms. The van der Waals surface area contributed by atoms with Crippen LogP contribution in [0.1, 0.15) is 32.6 Å². The molecule has 0 aliphatic carbocycles. The van der Waals surface area contributed by atoms with Crippen LogP contribution in [0, 0.1) is 0 Å². The van der Waals surface area contributed by atoms with E-state index >= 15 is 0 Å². The van der Waals surface area contributed by atoms with Gasteiger partial charge in [-0.1, -0.05) is 13.3 Å². The molecular formula is C16H31N3O3. The molecule has 2 fully saturated rings. The first kappa shape index (κ1) is 17.5. The van der Waals surface area contributed by atoms with Crippen molar-refractivity contribution in [2.75, 3.05) is 53.1 Å². The van der Waals surface area contributed by atoms with Gasteiger partial charge in [0, 0.05) is 39.9 Å². The van der Waals surface area contributed by atoms with Crippen LogP contribution in [0.3, 0.4) is 0 Å². The van der Waals surface area contributed by atoms with E-state index in [0.717, 1.165) is 71.3 Å². The molecule has 0 bridgehead atoms. The second kappa shape index (κ2) is 10.0. The van der Waals surface area contributed by atoms with Crippen LogP contribution in [-0.2, 0) is 14.2 Å². The van der Waals surface area contributed by atoms with Crippen LogP contribution in [0.4, 0.5) is 0 Å². The van der Waals surface area contributed by atoms with Crippen molar-refractivity contribution >= 4 is 5.96 Å². The van der Waals surface area contributed by atoms with Gasteiger partial charge >= 0.3 is 0 Å². The van der Waals surface area contributed by atoms with E-state index in [9.17, 15) is 0 Å². The lowest BCUT2D eigenvalue weighted by Crippen LogP contribution is -2.53. The molecule has 6 nitrogen and oxygen atoms in total. The summed E-state index contributed by atoms with van der Waals surface area (Å²) in [6.45, 7) is 7.85. The molecule has 2 aliphatic heterocycles. The molecule has 128 valence electrons. The molecule has 0 aromatic rings. The third-order valence-corrected chi connectivity index (χ3v) is 4.16. The summed E-state index contributed by atoms with van der Waals surface area (Å²) in [6.07, 6.45) is 4.96. The van der Waals surface area contributed by atoms with Crippen molar-refractivity contribution in [3.05, 3.63) is 0 Å². The predicted molar refractivity (Wildman–Crippen MR) is 87.4 cm³/mol. The van der Waals surface area contributed by atoms with E-state index < -0.39 is 0 Å². The average molecular weight is 313 g/mol. The second-order valence-corrected chi connectivity index (χ2v) is 5.85. The molecular weight excluding hydrogens is 282 g/mol. The number of hydrogen-bond acceptors (Lipinski definition) is 4. The van der Waals surface area contributed by atoms with Gasteiger partial charge < -0.3 is 24.4 Å². The van der Waals surface area contributed by atoms with E-state index in [2.05, 4.69) is 22.1 Å². The Labute approximate surface area is 134 Å². The van der Waals surface area contributed by atoms with Crippen LogP contribution in [0.2, 0.25) is 0 Å². The lowest BCUT2D eigenvalue weighted by molar-refractivity contribution is -0.0817. The Hall–Kier alpha value is -0.850. The minimum absolute atomic E-state index is 0.163. The van der Waals surface area contributed by atoms with E-state index in [1.165, 1.54) is 6.42 Å². The Morgan fingerprint density at radius 3 is 2.86 bits per heavy atom. The van der Waals surface area contributed by atoms with Gasteiger partial charge in [-0.05, 0) is 19.3 Å². The minimum atomic E-state index is 0.163. The number of hydrogen-bond donors (Lipinski definition) is 1. The summed E-state index contributed by atoms with van der Waals surface area (Å²) in [5, 5.41) is 3.38. The third kappa shape index (κ3) is 5.41. The highest BCUT2D eigenvalue weighted by atomic mass is 16.5. The SMILES string of the molecule is CCCCOCCNC(=NC)N1CCOC(C2CCCO2)C1. The molecule has 0 aromatic carbocycles. The fourth-order valence-electron chi connectivity index (χ4n) is 2.90. The van der Waals surface area contributed by atoms with Crippen LogP contribution in [0.5, 0.6) is 0 Å². The van der Waals surface area contributed by atoms with Crippen molar-refractivity contribution in [1.82, 2.24) is 10.2 Å². The molecule has 2 aliphatic rings. The highest BCUT2D eigenvalue weighted by molar-refractivity contribution is 5.80. The summed E-state index contributed by atoms with van der Waals surface area (Å²) in [6, 6.07) is 0. The van der Waals surface area contributed by atoms with Crippen LogP contribution in [0.15, 0.2) is 4.99 Å². The summed E-state index contributed by atoms with van der Waals surface area (Å²) in [4.78, 5) is 6.65. The largest absolute Gasteiger partial charge is 0.380 e. The highest BCUT2D eigenvalue weighted by Gasteiger charge is 2.32. The normalized spacial score (nSPS) is 26.5. The summed E-state index contributed by atoms with van der Waals surface area (Å²) in [7, 11) is 1.83. The summed E-state index contributed by atoms with van der Waals surface area (Å²) in [5.74, 6) is 0.936. The van der Waals surface area contributed by atoms with Crippen molar-refractivity contribution in [1.29, 1.82) is 0 Å². The van der Waals surface area contributed by atoms with Gasteiger partial charge in [-0.15, -0.1) is 0 Å². The summed E-state index contributed by atoms with van der Waals surface area (Å²) in [5.41, 5.74) is 0. The number of nitrogens with zero attached hydrogens (tertiary/aromatic N) is 2. The molecule has 0 saturated carbocycles. The molecule has 0 aromatic heterocycles. The number of rotatable bonds is 7. The van der Waals surface area contributed by atoms with Gasteiger partial charge in [0.25, 0.3) is 0 Å². The van der Waals surface area contributed by atoms with Gasteiger partial charge in [0.2, 0.25) is 0 Å². The van der Waals surface area contributed by atoms with Gasteiger partial charge in [-0.3, -0.25) is 4.99 Å². The van der Waals surface area contributed by atoms with Crippen LogP contribution in [-0.4, -0.2) is 76.2 Å². The fraction of sp³-hybridized carbons (Fsp3) is 0.938. The van der Waals surface area contributed by atoms with E-state index in [0.29, 0.717) is 0 Å². The van der Waals surface area contributed by atoms with Gasteiger partial charge in [0.15, 0.2) is 5.96 Å². The van der Waals surface area contributed by atoms with Gasteiger partial charge in [-0.2, -0.15) is 0 Å². The minimum Gasteiger partial charge on any atom is -0.380 e. The van der Waals surface area contributed by atoms with E-state index in [-0.39, 0.29) is 12.2 Å². The lowest BCUT2D eigenvalue weighted by atomic mass is 10.1. The number of unbranched alkanes of at least 4 members (excludes halogenated alkanes) is 1. The number of guanidine groups is 1. The topological polar surface area (TPSA) is 55.3 Å². The first-order valence-corrected chi connectivity index (χ1v) is 8.61. The molecule has 2 rings (SSSR count). The van der Waals surface area contributed by atoms with Gasteiger partial charge in [0.05, 0.1) is 19.3 Å². The zero-order valence-corrected chi connectivity index (χ0v) is 14.1. The van der Waals surface area contributed by atoms with Crippen LogP contribution >= 0.6 is 0 Å². The zero-order valence-electron chi connectivity index (χ0n) is 14.1. The number of aliphatic imine (C=N–C) groups is 1. The van der Waals surface area contributed by atoms with Crippen molar-refractivity contribution in [3.63, 3.8) is 0 Å². The smallest absolute Gasteiger partial charge is 0.193 e. The Kier molecular flexibility index (Phi) is 7.98. The molecule has 1 N–H and O–H groups in total. The number of ether oxygens (including phenoxy) is 3. The lowest BCUT2D eigenvalue weighted by Gasteiger charge is -2.37. The molecule has 2 heterocycles. The molecule has 2 atom stereocenters. The standard InChI is InChI=1S/C16H31N3O3/c1-3-4-9-20-11-7-18-16(17-2)19-8-12-22-15(13-19)14-6-5-10-21-14/h14-15H,3-13H2,1-2H3,(H,17,18). The number of morpholine rings is 1. The molecule has 22 heavy (non-hydrogen) atoms. The first-order chi connectivity index (χ1) is 10.8. The fourth-order valence-corrected chi connectivity index (χ4v) is 2.90. The maximum atomic E-state index is 5.88. The van der Waals surface area contributed by atoms with Gasteiger partial charge in [-0.25, -0.2) is 0 Å². The number of nitrogens with one attached hydrogen (secondary N) is 1. The predicted octanol–water partition coefficient (Wildman–Crippen LogP) is 1.26. The average Bonchev–Trinajstić information content (AvgIpc) is 3.09. The molecule has 2 saturated heterocycles. The van der Waals surface area contributed by atoms with E-state index in [1.54, 1.807) is 0 Å². The quantitative estimate of drug-likeness (QED) is 0.436. The maximum Gasteiger partial charge on any atom is 0.193 e. The Morgan fingerprint density at radius 1 is 1.27 bits per heavy atom. The van der Waals surface area contributed by atoms with Crippen molar-refractivity contribution in [2.45, 2.75) is 44.8 Å². The molecule has 0 radical (unpaired) electrons. The van der Waals surface area contributed by atoms with E-state index in [4.69, 9.17) is 14.2 Å². The Morgan fingerprint density at radius 2 is 2.14 bits per heavy atom. The highest BCUT2D eigenvalue weighted by Crippen LogP contribution is 2.20. The van der Waals surface area contributed by atoms with Gasteiger partial charge in [0.1, 0.15) is 6.10 Å². The summed E-state index contributed by atoms with van der Waals surface area (Å²) < 4.78 is 17.2. The first-order valence-electron chi connectivity index (χ1n) is 8.61. The monoisotopic (exact) mass is 313 g/mol. The Bertz CT molecular complexity index is 333.